The fourth-order valence-electron chi connectivity index (χ4n) is 2.79. The molecule has 6 heteroatoms. The van der Waals surface area contributed by atoms with Crippen LogP contribution in [0.25, 0.3) is 5.69 Å². The predicted octanol–water partition coefficient (Wildman–Crippen LogP) is -0.963. The molecular formula is C16H21ClN3OS-. The van der Waals surface area contributed by atoms with Gasteiger partial charge in [-0.2, -0.15) is 11.8 Å². The van der Waals surface area contributed by atoms with Crippen LogP contribution < -0.4 is 18.0 Å². The van der Waals surface area contributed by atoms with E-state index in [2.05, 4.69) is 4.90 Å². The van der Waals surface area contributed by atoms with Crippen molar-refractivity contribution < 1.29 is 12.4 Å². The van der Waals surface area contributed by atoms with Crippen molar-refractivity contribution in [1.29, 1.82) is 0 Å². The maximum atomic E-state index is 12.8. The van der Waals surface area contributed by atoms with Crippen molar-refractivity contribution in [3.63, 3.8) is 0 Å². The van der Waals surface area contributed by atoms with Gasteiger partial charge in [0.15, 0.2) is 0 Å². The Morgan fingerprint density at radius 1 is 1.14 bits per heavy atom. The van der Waals surface area contributed by atoms with Crippen LogP contribution in [0.15, 0.2) is 35.1 Å². The van der Waals surface area contributed by atoms with Gasteiger partial charge >= 0.3 is 0 Å². The van der Waals surface area contributed by atoms with Crippen LogP contribution in [-0.2, 0) is 13.6 Å². The smallest absolute Gasteiger partial charge is 0.276 e. The molecule has 0 unspecified atom stereocenters. The number of hydrogen-bond acceptors (Lipinski definition) is 3. The van der Waals surface area contributed by atoms with Crippen LogP contribution in [0.3, 0.4) is 0 Å². The van der Waals surface area contributed by atoms with Crippen molar-refractivity contribution >= 4 is 11.8 Å². The zero-order valence-corrected chi connectivity index (χ0v) is 14.5. The molecule has 0 N–H and O–H groups in total. The fraction of sp³-hybridized carbons (Fsp3) is 0.438. The summed E-state index contributed by atoms with van der Waals surface area (Å²) >= 11 is 1.99. The van der Waals surface area contributed by atoms with E-state index < -0.39 is 0 Å². The van der Waals surface area contributed by atoms with E-state index in [9.17, 15) is 4.79 Å². The molecule has 4 nitrogen and oxygen atoms in total. The van der Waals surface area contributed by atoms with Crippen molar-refractivity contribution in [2.45, 2.75) is 13.5 Å². The summed E-state index contributed by atoms with van der Waals surface area (Å²) in [5.41, 5.74) is 3.02. The summed E-state index contributed by atoms with van der Waals surface area (Å²) in [5.74, 6) is 2.33. The highest BCUT2D eigenvalue weighted by atomic mass is 35.5. The molecule has 1 aromatic heterocycles. The molecule has 3 rings (SSSR count). The molecule has 1 saturated heterocycles. The van der Waals surface area contributed by atoms with E-state index in [1.807, 2.05) is 60.7 Å². The molecular weight excluding hydrogens is 318 g/mol. The van der Waals surface area contributed by atoms with Crippen LogP contribution in [0.2, 0.25) is 0 Å². The number of thioether (sulfide) groups is 1. The normalized spacial score (nSPS) is 15.5. The minimum absolute atomic E-state index is 0. The van der Waals surface area contributed by atoms with Crippen LogP contribution in [0.1, 0.15) is 11.3 Å². The highest BCUT2D eigenvalue weighted by Crippen LogP contribution is 2.15. The van der Waals surface area contributed by atoms with Gasteiger partial charge in [-0.15, -0.1) is 0 Å². The van der Waals surface area contributed by atoms with Crippen molar-refractivity contribution in [3.8, 4) is 5.69 Å². The number of benzene rings is 1. The molecule has 2 aromatic rings. The Kier molecular flexibility index (Phi) is 5.78. The lowest BCUT2D eigenvalue weighted by Crippen LogP contribution is -3.00. The van der Waals surface area contributed by atoms with Gasteiger partial charge in [0.05, 0.1) is 11.3 Å². The largest absolute Gasteiger partial charge is 1.00 e. The molecule has 120 valence electrons. The second-order valence-electron chi connectivity index (χ2n) is 5.43. The summed E-state index contributed by atoms with van der Waals surface area (Å²) < 4.78 is 3.73. The third kappa shape index (κ3) is 3.26. The standard InChI is InChI=1S/C16H21N3OS.ClH/c1-13-15(12-18-8-10-21-11-9-18)16(20)19(17(13)2)14-6-4-3-5-7-14;/h3-7H,8-12H2,1-2H3;1H/p-1. The van der Waals surface area contributed by atoms with Gasteiger partial charge in [0.1, 0.15) is 0 Å². The summed E-state index contributed by atoms with van der Waals surface area (Å²) in [5, 5.41) is 0. The first kappa shape index (κ1) is 17.2. The van der Waals surface area contributed by atoms with E-state index in [4.69, 9.17) is 0 Å². The number of rotatable bonds is 3. The van der Waals surface area contributed by atoms with Gasteiger partial charge < -0.3 is 12.4 Å². The van der Waals surface area contributed by atoms with Gasteiger partial charge in [-0.1, -0.05) is 18.2 Å². The maximum Gasteiger partial charge on any atom is 0.276 e. The topological polar surface area (TPSA) is 30.2 Å². The Labute approximate surface area is 141 Å². The lowest BCUT2D eigenvalue weighted by Gasteiger charge is -2.25. The van der Waals surface area contributed by atoms with Crippen molar-refractivity contribution in [2.75, 3.05) is 24.6 Å². The Balaban J connectivity index is 0.00000176. The Morgan fingerprint density at radius 2 is 1.77 bits per heavy atom. The number of aromatic nitrogens is 2. The molecule has 1 aliphatic heterocycles. The first-order valence-corrected chi connectivity index (χ1v) is 8.47. The Hall–Kier alpha value is -1.17. The second kappa shape index (κ2) is 7.40. The third-order valence-electron chi connectivity index (χ3n) is 4.16. The van der Waals surface area contributed by atoms with Crippen LogP contribution in [0.5, 0.6) is 0 Å². The summed E-state index contributed by atoms with van der Waals surface area (Å²) in [6.07, 6.45) is 0. The van der Waals surface area contributed by atoms with Gasteiger partial charge in [0.25, 0.3) is 5.56 Å². The number of para-hydroxylation sites is 1. The lowest BCUT2D eigenvalue weighted by molar-refractivity contribution is -0.00000442. The zero-order chi connectivity index (χ0) is 14.8. The van der Waals surface area contributed by atoms with E-state index in [1.165, 1.54) is 11.5 Å². The maximum absolute atomic E-state index is 12.8. The summed E-state index contributed by atoms with van der Waals surface area (Å²) in [7, 11) is 1.96. The molecule has 0 bridgehead atoms. The molecule has 0 atom stereocenters. The average Bonchev–Trinajstić information content (AvgIpc) is 2.73. The van der Waals surface area contributed by atoms with Crippen molar-refractivity contribution in [1.82, 2.24) is 14.3 Å². The zero-order valence-electron chi connectivity index (χ0n) is 13.0. The molecule has 0 saturated carbocycles. The molecule has 1 aliphatic rings. The van der Waals surface area contributed by atoms with Gasteiger partial charge in [0.2, 0.25) is 0 Å². The predicted molar refractivity (Wildman–Crippen MR) is 88.3 cm³/mol. The molecule has 1 fully saturated rings. The van der Waals surface area contributed by atoms with E-state index in [0.29, 0.717) is 0 Å². The van der Waals surface area contributed by atoms with Gasteiger partial charge in [-0.3, -0.25) is 14.4 Å². The minimum atomic E-state index is 0. The average molecular weight is 339 g/mol. The van der Waals surface area contributed by atoms with E-state index in [1.54, 1.807) is 4.68 Å². The summed E-state index contributed by atoms with van der Waals surface area (Å²) in [6, 6.07) is 9.85. The molecule has 22 heavy (non-hydrogen) atoms. The quantitative estimate of drug-likeness (QED) is 0.722. The third-order valence-corrected chi connectivity index (χ3v) is 5.10. The second-order valence-corrected chi connectivity index (χ2v) is 6.65. The molecule has 2 heterocycles. The Bertz CT molecular complexity index is 675. The lowest BCUT2D eigenvalue weighted by atomic mass is 10.2. The number of hydrogen-bond donors (Lipinski definition) is 0. The van der Waals surface area contributed by atoms with E-state index in [0.717, 1.165) is 36.6 Å². The first-order valence-electron chi connectivity index (χ1n) is 7.31. The number of halogens is 1. The van der Waals surface area contributed by atoms with E-state index in [-0.39, 0.29) is 18.0 Å². The van der Waals surface area contributed by atoms with Crippen LogP contribution in [-0.4, -0.2) is 38.9 Å². The minimum Gasteiger partial charge on any atom is -1.00 e. The van der Waals surface area contributed by atoms with Gasteiger partial charge in [-0.25, -0.2) is 4.68 Å². The van der Waals surface area contributed by atoms with Crippen LogP contribution in [0.4, 0.5) is 0 Å². The molecule has 0 radical (unpaired) electrons. The van der Waals surface area contributed by atoms with Crippen LogP contribution in [0, 0.1) is 6.92 Å². The van der Waals surface area contributed by atoms with Gasteiger partial charge in [0, 0.05) is 43.9 Å². The molecule has 0 amide bonds. The first-order chi connectivity index (χ1) is 10.2. The molecule has 1 aromatic carbocycles. The monoisotopic (exact) mass is 338 g/mol. The highest BCUT2D eigenvalue weighted by molar-refractivity contribution is 7.99. The fourth-order valence-corrected chi connectivity index (χ4v) is 3.77. The molecule has 0 aliphatic carbocycles. The van der Waals surface area contributed by atoms with E-state index >= 15 is 0 Å². The highest BCUT2D eigenvalue weighted by Gasteiger charge is 2.19. The van der Waals surface area contributed by atoms with Crippen molar-refractivity contribution in [3.05, 3.63) is 51.9 Å². The van der Waals surface area contributed by atoms with Crippen LogP contribution >= 0.6 is 11.8 Å². The molecule has 0 spiro atoms. The SMILES string of the molecule is Cc1c(CN2CCSCC2)c(=O)n(-c2ccccc2)n1C.[Cl-]. The summed E-state index contributed by atoms with van der Waals surface area (Å²) in [4.78, 5) is 15.2. The van der Waals surface area contributed by atoms with Gasteiger partial charge in [-0.05, 0) is 19.1 Å². The summed E-state index contributed by atoms with van der Waals surface area (Å²) in [6.45, 7) is 4.95. The number of nitrogens with zero attached hydrogens (tertiary/aromatic N) is 3. The Morgan fingerprint density at radius 3 is 2.41 bits per heavy atom. The van der Waals surface area contributed by atoms with Crippen molar-refractivity contribution in [2.24, 2.45) is 7.05 Å².